The monoisotopic (exact) mass is 583 g/mol. The van der Waals surface area contributed by atoms with Gasteiger partial charge >= 0.3 is 13.5 Å². The van der Waals surface area contributed by atoms with Crippen LogP contribution in [-0.2, 0) is 36.7 Å². The van der Waals surface area contributed by atoms with Crippen LogP contribution in [-0.4, -0.2) is 51.7 Å². The highest BCUT2D eigenvalue weighted by atomic mass is 31.2. The van der Waals surface area contributed by atoms with Gasteiger partial charge in [-0.3, -0.25) is 9.36 Å². The van der Waals surface area contributed by atoms with Crippen molar-refractivity contribution >= 4 is 41.2 Å². The molecule has 12 heteroatoms. The summed E-state index contributed by atoms with van der Waals surface area (Å²) in [5, 5.41) is 3.73. The second-order valence-corrected chi connectivity index (χ2v) is 12.1. The Labute approximate surface area is 239 Å². The van der Waals surface area contributed by atoms with E-state index in [1.165, 1.54) is 0 Å². The van der Waals surface area contributed by atoms with Crippen molar-refractivity contribution in [2.24, 2.45) is 0 Å². The van der Waals surface area contributed by atoms with Crippen LogP contribution < -0.4 is 15.3 Å². The Morgan fingerprint density at radius 1 is 1.05 bits per heavy atom. The minimum atomic E-state index is -3.72. The molecule has 4 aromatic rings. The molecule has 0 bridgehead atoms. The van der Waals surface area contributed by atoms with Crippen LogP contribution in [0.25, 0.3) is 21.9 Å². The Morgan fingerprint density at radius 2 is 1.76 bits per heavy atom. The first-order valence-corrected chi connectivity index (χ1v) is 15.5. The molecule has 0 spiro atoms. The Bertz CT molecular complexity index is 1530. The molecule has 3 N–H and O–H groups in total. The number of aromatic nitrogens is 3. The van der Waals surface area contributed by atoms with Crippen LogP contribution in [0.2, 0.25) is 0 Å². The number of fused-ring (bicyclic) bond motifs is 3. The number of hydrogen-bond acceptors (Lipinski definition) is 9. The van der Waals surface area contributed by atoms with E-state index in [4.69, 9.17) is 29.5 Å². The third-order valence-electron chi connectivity index (χ3n) is 6.19. The third kappa shape index (κ3) is 7.62. The molecular weight excluding hydrogens is 545 g/mol. The number of carbonyl (C=O) groups is 1. The molecule has 0 aliphatic carbocycles. The van der Waals surface area contributed by atoms with Crippen molar-refractivity contribution in [3.8, 4) is 5.75 Å². The fraction of sp³-hybridized carbons (Fsp3) is 0.414. The largest absolute Gasteiger partial charge is 0.462 e. The molecule has 3 atom stereocenters. The number of nitrogens with two attached hydrogens (primary N) is 1. The molecule has 0 amide bonds. The standard InChI is InChI=1S/C29H38N5O6P/c1-6-37-17-25-32-26-27(23-14-10-11-15-24(23)31-28(26)30)34(25)16-20(4)38-18-41(36,40-22-12-8-7-9-13-22)33-21(5)29(35)39-19(2)3/h7-15,19-21H,6,16-18H2,1-5H3,(H2,30,31)(H,33,36). The molecule has 4 rings (SSSR count). The summed E-state index contributed by atoms with van der Waals surface area (Å²) in [4.78, 5) is 21.7. The first kappa shape index (κ1) is 30.5. The zero-order chi connectivity index (χ0) is 29.6. The van der Waals surface area contributed by atoms with E-state index in [-0.39, 0.29) is 19.1 Å². The Balaban J connectivity index is 1.59. The van der Waals surface area contributed by atoms with Gasteiger partial charge in [0.15, 0.2) is 5.82 Å². The molecule has 0 aliphatic rings. The summed E-state index contributed by atoms with van der Waals surface area (Å²) >= 11 is 0. The molecule has 0 saturated carbocycles. The van der Waals surface area contributed by atoms with Gasteiger partial charge in [-0.25, -0.2) is 15.1 Å². The van der Waals surface area contributed by atoms with E-state index in [0.29, 0.717) is 36.1 Å². The van der Waals surface area contributed by atoms with Gasteiger partial charge in [0.25, 0.3) is 0 Å². The second kappa shape index (κ2) is 13.4. The summed E-state index contributed by atoms with van der Waals surface area (Å²) in [6.07, 6.45) is -1.04. The molecule has 3 unspecified atom stereocenters. The van der Waals surface area contributed by atoms with E-state index in [0.717, 1.165) is 16.4 Å². The summed E-state index contributed by atoms with van der Waals surface area (Å²) in [6, 6.07) is 15.6. The molecule has 0 aliphatic heterocycles. The number of para-hydroxylation sites is 2. The number of nitrogens with zero attached hydrogens (tertiary/aromatic N) is 3. The lowest BCUT2D eigenvalue weighted by Gasteiger charge is -2.25. The zero-order valence-electron chi connectivity index (χ0n) is 24.1. The molecule has 2 aromatic carbocycles. The van der Waals surface area contributed by atoms with Crippen molar-refractivity contribution in [1.82, 2.24) is 19.6 Å². The van der Waals surface area contributed by atoms with E-state index >= 15 is 0 Å². The maximum absolute atomic E-state index is 14.0. The average Bonchev–Trinajstić information content (AvgIpc) is 3.29. The van der Waals surface area contributed by atoms with E-state index in [1.54, 1.807) is 45.0 Å². The van der Waals surface area contributed by atoms with Crippen molar-refractivity contribution < 1.29 is 28.1 Å². The Kier molecular flexibility index (Phi) is 9.99. The van der Waals surface area contributed by atoms with E-state index in [9.17, 15) is 9.36 Å². The summed E-state index contributed by atoms with van der Waals surface area (Å²) in [5.74, 6) is 0.858. The topological polar surface area (TPSA) is 140 Å². The molecule has 0 fully saturated rings. The highest BCUT2D eigenvalue weighted by molar-refractivity contribution is 7.57. The van der Waals surface area contributed by atoms with Crippen LogP contribution >= 0.6 is 7.52 Å². The van der Waals surface area contributed by atoms with Crippen LogP contribution in [0.5, 0.6) is 5.75 Å². The highest BCUT2D eigenvalue weighted by Gasteiger charge is 2.32. The molecule has 220 valence electrons. The number of rotatable bonds is 14. The predicted molar refractivity (Wildman–Crippen MR) is 159 cm³/mol. The number of carbonyl (C=O) groups excluding carboxylic acids is 1. The van der Waals surface area contributed by atoms with Gasteiger partial charge in [0.2, 0.25) is 0 Å². The van der Waals surface area contributed by atoms with Gasteiger partial charge < -0.3 is 29.0 Å². The smallest absolute Gasteiger partial charge is 0.342 e. The van der Waals surface area contributed by atoms with Crippen LogP contribution in [0.4, 0.5) is 5.82 Å². The quantitative estimate of drug-likeness (QED) is 0.149. The molecule has 0 saturated heterocycles. The molecule has 41 heavy (non-hydrogen) atoms. The molecule has 0 radical (unpaired) electrons. The Morgan fingerprint density at radius 3 is 2.46 bits per heavy atom. The lowest BCUT2D eigenvalue weighted by Crippen LogP contribution is -2.37. The number of hydrogen-bond donors (Lipinski definition) is 2. The highest BCUT2D eigenvalue weighted by Crippen LogP contribution is 2.44. The number of esters is 1. The molecule has 2 heterocycles. The maximum Gasteiger partial charge on any atom is 0.342 e. The van der Waals surface area contributed by atoms with Gasteiger partial charge in [-0.2, -0.15) is 0 Å². The number of nitrogen functional groups attached to an aromatic ring is 1. The number of benzene rings is 2. The summed E-state index contributed by atoms with van der Waals surface area (Å²) in [7, 11) is -3.72. The fourth-order valence-corrected chi connectivity index (χ4v) is 6.15. The van der Waals surface area contributed by atoms with Gasteiger partial charge in [-0.1, -0.05) is 36.4 Å². The van der Waals surface area contributed by atoms with Crippen molar-refractivity contribution in [1.29, 1.82) is 0 Å². The van der Waals surface area contributed by atoms with Crippen LogP contribution in [0.15, 0.2) is 54.6 Å². The van der Waals surface area contributed by atoms with E-state index in [1.807, 2.05) is 48.7 Å². The first-order valence-electron chi connectivity index (χ1n) is 13.6. The van der Waals surface area contributed by atoms with Crippen molar-refractivity contribution in [2.45, 2.75) is 66.0 Å². The number of ether oxygens (including phenoxy) is 3. The first-order chi connectivity index (χ1) is 19.6. The molecular formula is C29H38N5O6P. The predicted octanol–water partition coefficient (Wildman–Crippen LogP) is 5.27. The average molecular weight is 584 g/mol. The number of nitrogens with one attached hydrogen (secondary N) is 1. The van der Waals surface area contributed by atoms with Crippen LogP contribution in [0, 0.1) is 0 Å². The van der Waals surface area contributed by atoms with E-state index < -0.39 is 25.6 Å². The molecule has 11 nitrogen and oxygen atoms in total. The molecule has 2 aromatic heterocycles. The lowest BCUT2D eigenvalue weighted by molar-refractivity contribution is -0.149. The SMILES string of the molecule is CCOCc1nc2c(N)nc3ccccc3c2n1CC(C)OCP(=O)(NC(C)C(=O)OC(C)C)Oc1ccccc1. The number of pyridine rings is 1. The Hall–Kier alpha value is -3.50. The second-order valence-electron chi connectivity index (χ2n) is 10.0. The van der Waals surface area contributed by atoms with Crippen LogP contribution in [0.3, 0.4) is 0 Å². The number of anilines is 1. The van der Waals surface area contributed by atoms with Gasteiger partial charge in [0, 0.05) is 12.0 Å². The van der Waals surface area contributed by atoms with Crippen molar-refractivity contribution in [3.05, 3.63) is 60.4 Å². The number of imidazole rings is 1. The van der Waals surface area contributed by atoms with Gasteiger partial charge in [-0.05, 0) is 52.8 Å². The maximum atomic E-state index is 14.0. The van der Waals surface area contributed by atoms with Gasteiger partial charge in [-0.15, -0.1) is 0 Å². The minimum Gasteiger partial charge on any atom is -0.462 e. The summed E-state index contributed by atoms with van der Waals surface area (Å²) in [6.45, 7) is 10.0. The van der Waals surface area contributed by atoms with Crippen LogP contribution in [0.1, 0.15) is 40.4 Å². The van der Waals surface area contributed by atoms with Gasteiger partial charge in [0.1, 0.15) is 36.1 Å². The summed E-state index contributed by atoms with van der Waals surface area (Å²) in [5.41, 5.74) is 8.46. The zero-order valence-corrected chi connectivity index (χ0v) is 25.0. The normalized spacial score (nSPS) is 14.7. The minimum absolute atomic E-state index is 0.276. The lowest BCUT2D eigenvalue weighted by atomic mass is 10.2. The third-order valence-corrected chi connectivity index (χ3v) is 7.96. The van der Waals surface area contributed by atoms with Gasteiger partial charge in [0.05, 0.1) is 29.8 Å². The fourth-order valence-electron chi connectivity index (χ4n) is 4.36. The van der Waals surface area contributed by atoms with Crippen molar-refractivity contribution in [2.75, 3.05) is 18.7 Å². The van der Waals surface area contributed by atoms with Crippen molar-refractivity contribution in [3.63, 3.8) is 0 Å². The summed E-state index contributed by atoms with van der Waals surface area (Å²) < 4.78 is 39.0. The van der Waals surface area contributed by atoms with E-state index in [2.05, 4.69) is 10.1 Å².